The highest BCUT2D eigenvalue weighted by Gasteiger charge is 2.44. The Bertz CT molecular complexity index is 1660. The van der Waals surface area contributed by atoms with E-state index in [1.54, 1.807) is 32.2 Å². The van der Waals surface area contributed by atoms with E-state index in [2.05, 4.69) is 23.5 Å². The van der Waals surface area contributed by atoms with Crippen LogP contribution in [0.25, 0.3) is 0 Å². The molecule has 2 saturated carbocycles. The maximum atomic E-state index is 14.0. The fourth-order valence-electron chi connectivity index (χ4n) is 5.94. The van der Waals surface area contributed by atoms with Crippen LogP contribution < -0.4 is 19.7 Å². The first-order chi connectivity index (χ1) is 21.5. The Morgan fingerprint density at radius 2 is 1.71 bits per heavy atom. The molecule has 2 amide bonds. The van der Waals surface area contributed by atoms with Gasteiger partial charge in [0.15, 0.2) is 0 Å². The minimum atomic E-state index is -0.837. The summed E-state index contributed by atoms with van der Waals surface area (Å²) in [5.74, 6) is -1.29. The highest BCUT2D eigenvalue weighted by Crippen LogP contribution is 2.47. The van der Waals surface area contributed by atoms with Crippen molar-refractivity contribution in [3.8, 4) is 17.6 Å². The number of anilines is 1. The van der Waals surface area contributed by atoms with Crippen LogP contribution in [0.15, 0.2) is 60.7 Å². The molecule has 0 aliphatic heterocycles. The van der Waals surface area contributed by atoms with Crippen molar-refractivity contribution in [2.24, 2.45) is 5.41 Å². The van der Waals surface area contributed by atoms with E-state index >= 15 is 0 Å². The number of nitrogens with one attached hydrogen (secondary N) is 1. The van der Waals surface area contributed by atoms with Crippen molar-refractivity contribution >= 4 is 35.1 Å². The van der Waals surface area contributed by atoms with E-state index in [-0.39, 0.29) is 45.6 Å². The standard InChI is InChI=1S/C35H36ClN3O6/c1-34(33(42)43)13-11-25(12-14-34)45-29-19-27(30(44-3)17-22(29)20-37)32(41)39(2)28-18-24(36)9-10-26(28)31(40)38-21-35(15-16-35)23-7-5-4-6-8-23/h4-10,17-19,25H,11-16,21H2,1-3H3,(H,38,40)(H,42,43). The van der Waals surface area contributed by atoms with E-state index in [4.69, 9.17) is 21.1 Å². The Morgan fingerprint density at radius 3 is 2.31 bits per heavy atom. The molecular weight excluding hydrogens is 594 g/mol. The van der Waals surface area contributed by atoms with E-state index in [0.717, 1.165) is 12.8 Å². The second-order valence-electron chi connectivity index (χ2n) is 12.2. The molecule has 0 spiro atoms. The summed E-state index contributed by atoms with van der Waals surface area (Å²) in [6.45, 7) is 2.19. The molecule has 234 valence electrons. The number of nitriles is 1. The first-order valence-electron chi connectivity index (χ1n) is 14.9. The SMILES string of the molecule is COc1cc(C#N)c(OC2CCC(C)(C(=O)O)CC2)cc1C(=O)N(C)c1cc(Cl)ccc1C(=O)NCC1(c2ccccc2)CC1. The number of ether oxygens (including phenoxy) is 2. The molecule has 0 aromatic heterocycles. The zero-order valence-electron chi connectivity index (χ0n) is 25.6. The fraction of sp³-hybridized carbons (Fsp3) is 0.371. The van der Waals surface area contributed by atoms with Gasteiger partial charge in [0.05, 0.1) is 41.0 Å². The van der Waals surface area contributed by atoms with Gasteiger partial charge in [-0.15, -0.1) is 0 Å². The predicted molar refractivity (Wildman–Crippen MR) is 170 cm³/mol. The summed E-state index contributed by atoms with van der Waals surface area (Å²) in [4.78, 5) is 40.5. The molecule has 3 aromatic rings. The number of carbonyl (C=O) groups is 3. The number of aliphatic carboxylic acids is 1. The first-order valence-corrected chi connectivity index (χ1v) is 15.3. The van der Waals surface area contributed by atoms with E-state index in [1.807, 2.05) is 18.2 Å². The maximum Gasteiger partial charge on any atom is 0.309 e. The Kier molecular flexibility index (Phi) is 9.08. The monoisotopic (exact) mass is 629 g/mol. The van der Waals surface area contributed by atoms with Crippen LogP contribution in [0, 0.1) is 16.7 Å². The zero-order valence-corrected chi connectivity index (χ0v) is 26.3. The molecule has 0 heterocycles. The topological polar surface area (TPSA) is 129 Å². The van der Waals surface area contributed by atoms with E-state index in [1.165, 1.54) is 29.7 Å². The van der Waals surface area contributed by atoms with Crippen molar-refractivity contribution in [3.05, 3.63) is 87.9 Å². The highest BCUT2D eigenvalue weighted by molar-refractivity contribution is 6.31. The summed E-state index contributed by atoms with van der Waals surface area (Å²) >= 11 is 6.34. The molecule has 2 aliphatic carbocycles. The van der Waals surface area contributed by atoms with Crippen molar-refractivity contribution < 1.29 is 29.0 Å². The number of hydrogen-bond donors (Lipinski definition) is 2. The molecule has 0 bridgehead atoms. The number of nitrogens with zero attached hydrogens (tertiary/aromatic N) is 2. The Balaban J connectivity index is 1.38. The van der Waals surface area contributed by atoms with E-state index < -0.39 is 17.3 Å². The van der Waals surface area contributed by atoms with Crippen LogP contribution in [0.5, 0.6) is 11.5 Å². The van der Waals surface area contributed by atoms with Gasteiger partial charge in [0.1, 0.15) is 17.6 Å². The normalized spacial score (nSPS) is 19.9. The van der Waals surface area contributed by atoms with Gasteiger partial charge >= 0.3 is 5.97 Å². The quantitative estimate of drug-likeness (QED) is 0.267. The first kappa shape index (κ1) is 31.9. The number of rotatable bonds is 10. The second-order valence-corrected chi connectivity index (χ2v) is 12.6. The summed E-state index contributed by atoms with van der Waals surface area (Å²) < 4.78 is 11.7. The smallest absolute Gasteiger partial charge is 0.309 e. The molecular formula is C35H36ClN3O6. The Hall–Kier alpha value is -4.55. The lowest BCUT2D eigenvalue weighted by Crippen LogP contribution is -2.36. The second kappa shape index (κ2) is 12.8. The maximum absolute atomic E-state index is 14.0. The number of amides is 2. The Labute approximate surface area is 267 Å². The van der Waals surface area contributed by atoms with E-state index in [9.17, 15) is 24.8 Å². The van der Waals surface area contributed by atoms with Gasteiger partial charge in [-0.05, 0) is 75.3 Å². The number of carboxylic acids is 1. The van der Waals surface area contributed by atoms with Gasteiger partial charge in [0.2, 0.25) is 0 Å². The third-order valence-electron chi connectivity index (χ3n) is 9.20. The minimum absolute atomic E-state index is 0.0952. The lowest BCUT2D eigenvalue weighted by atomic mass is 9.75. The molecule has 45 heavy (non-hydrogen) atoms. The predicted octanol–water partition coefficient (Wildman–Crippen LogP) is 6.37. The lowest BCUT2D eigenvalue weighted by molar-refractivity contribution is -0.150. The average molecular weight is 630 g/mol. The molecule has 0 saturated heterocycles. The van der Waals surface area contributed by atoms with E-state index in [0.29, 0.717) is 42.9 Å². The van der Waals surface area contributed by atoms with Crippen molar-refractivity contribution in [1.29, 1.82) is 5.26 Å². The average Bonchev–Trinajstić information content (AvgIpc) is 3.85. The van der Waals surface area contributed by atoms with Crippen molar-refractivity contribution in [1.82, 2.24) is 5.32 Å². The van der Waals surface area contributed by atoms with Gasteiger partial charge in [-0.2, -0.15) is 5.26 Å². The van der Waals surface area contributed by atoms with Crippen LogP contribution in [-0.4, -0.2) is 49.7 Å². The summed E-state index contributed by atoms with van der Waals surface area (Å²) in [6.07, 6.45) is 3.51. The van der Waals surface area contributed by atoms with Gasteiger partial charge < -0.3 is 24.8 Å². The number of hydrogen-bond acceptors (Lipinski definition) is 6. The van der Waals surface area contributed by atoms with Crippen LogP contribution >= 0.6 is 11.6 Å². The molecule has 0 unspecified atom stereocenters. The van der Waals surface area contributed by atoms with Crippen molar-refractivity contribution in [2.75, 3.05) is 25.6 Å². The molecule has 10 heteroatoms. The molecule has 9 nitrogen and oxygen atoms in total. The van der Waals surface area contributed by atoms with Gasteiger partial charge in [-0.3, -0.25) is 14.4 Å². The summed E-state index contributed by atoms with van der Waals surface area (Å²) in [5, 5.41) is 22.8. The van der Waals surface area contributed by atoms with Gasteiger partial charge in [-0.25, -0.2) is 0 Å². The number of methoxy groups -OCH3 is 1. The number of benzene rings is 3. The van der Waals surface area contributed by atoms with Gasteiger partial charge in [-0.1, -0.05) is 41.9 Å². The number of carboxylic acid groups (broad SMARTS) is 1. The molecule has 0 atom stereocenters. The van der Waals surface area contributed by atoms with Gasteiger partial charge in [0.25, 0.3) is 11.8 Å². The largest absolute Gasteiger partial charge is 0.496 e. The number of halogens is 1. The molecule has 5 rings (SSSR count). The summed E-state index contributed by atoms with van der Waals surface area (Å²) in [6, 6.07) is 19.9. The lowest BCUT2D eigenvalue weighted by Gasteiger charge is -2.34. The Morgan fingerprint density at radius 1 is 1.02 bits per heavy atom. The summed E-state index contributed by atoms with van der Waals surface area (Å²) in [7, 11) is 2.95. The molecule has 2 N–H and O–H groups in total. The van der Waals surface area contributed by atoms with Crippen molar-refractivity contribution in [3.63, 3.8) is 0 Å². The zero-order chi connectivity index (χ0) is 32.4. The van der Waals surface area contributed by atoms with Crippen LogP contribution in [-0.2, 0) is 10.2 Å². The van der Waals surface area contributed by atoms with Crippen LogP contribution in [0.4, 0.5) is 5.69 Å². The third-order valence-corrected chi connectivity index (χ3v) is 9.43. The fourth-order valence-corrected chi connectivity index (χ4v) is 6.11. The van der Waals surface area contributed by atoms with Crippen LogP contribution in [0.1, 0.15) is 77.3 Å². The molecule has 2 fully saturated rings. The molecule has 2 aliphatic rings. The van der Waals surface area contributed by atoms with Crippen LogP contribution in [0.2, 0.25) is 5.02 Å². The minimum Gasteiger partial charge on any atom is -0.496 e. The molecule has 3 aromatic carbocycles. The third kappa shape index (κ3) is 6.62. The van der Waals surface area contributed by atoms with Gasteiger partial charge in [0, 0.05) is 30.1 Å². The summed E-state index contributed by atoms with van der Waals surface area (Å²) in [5.41, 5.74) is 1.19. The highest BCUT2D eigenvalue weighted by atomic mass is 35.5. The van der Waals surface area contributed by atoms with Crippen molar-refractivity contribution in [2.45, 2.75) is 57.0 Å². The molecule has 0 radical (unpaired) electrons. The number of carbonyl (C=O) groups excluding carboxylic acids is 2. The van der Waals surface area contributed by atoms with Crippen LogP contribution in [0.3, 0.4) is 0 Å².